The average Bonchev–Trinajstić information content (AvgIpc) is 2.54. The smallest absolute Gasteiger partial charge is 0.213 e. The molecule has 0 radical (unpaired) electrons. The highest BCUT2D eigenvalue weighted by atomic mass is 35.5. The van der Waals surface area contributed by atoms with Gasteiger partial charge in [0.2, 0.25) is 5.88 Å². The van der Waals surface area contributed by atoms with Crippen LogP contribution in [0.25, 0.3) is 10.8 Å². The van der Waals surface area contributed by atoms with Gasteiger partial charge in [0.1, 0.15) is 0 Å². The molecule has 0 saturated carbocycles. The monoisotopic (exact) mass is 306 g/mol. The number of rotatable bonds is 3. The summed E-state index contributed by atoms with van der Waals surface area (Å²) in [6.07, 6.45) is 3.80. The molecule has 2 aromatic rings. The van der Waals surface area contributed by atoms with Crippen molar-refractivity contribution in [2.45, 2.75) is 12.8 Å². The molecule has 3 rings (SSSR count). The molecule has 5 heteroatoms. The van der Waals surface area contributed by atoms with Gasteiger partial charge in [-0.25, -0.2) is 4.98 Å². The Kier molecular flexibility index (Phi) is 5.15. The first-order valence-corrected chi connectivity index (χ1v) is 6.96. The lowest BCUT2D eigenvalue weighted by atomic mass is 9.90. The van der Waals surface area contributed by atoms with Crippen LogP contribution in [0.3, 0.4) is 0 Å². The Bertz CT molecular complexity index is 639. The summed E-state index contributed by atoms with van der Waals surface area (Å²) in [6.45, 7) is 1.81. The molecule has 2 heterocycles. The van der Waals surface area contributed by atoms with E-state index in [1.807, 2.05) is 24.3 Å². The van der Waals surface area contributed by atoms with Crippen LogP contribution in [0.4, 0.5) is 0 Å². The highest BCUT2D eigenvalue weighted by molar-refractivity contribution is 6.01. The van der Waals surface area contributed by atoms with Crippen LogP contribution >= 0.6 is 12.4 Å². The van der Waals surface area contributed by atoms with E-state index < -0.39 is 0 Å². The number of carbonyl (C=O) groups excluding carboxylic acids is 1. The Morgan fingerprint density at radius 3 is 2.90 bits per heavy atom. The predicted octanol–water partition coefficient (Wildman–Crippen LogP) is 2.85. The van der Waals surface area contributed by atoms with Crippen LogP contribution < -0.4 is 10.1 Å². The maximum absolute atomic E-state index is 12.5. The summed E-state index contributed by atoms with van der Waals surface area (Å²) in [7, 11) is 1.60. The van der Waals surface area contributed by atoms with E-state index in [2.05, 4.69) is 10.3 Å². The second kappa shape index (κ2) is 6.87. The fraction of sp³-hybridized carbons (Fsp3) is 0.375. The quantitative estimate of drug-likeness (QED) is 0.886. The first-order chi connectivity index (χ1) is 9.78. The lowest BCUT2D eigenvalue weighted by Crippen LogP contribution is -2.34. The number of ether oxygens (including phenoxy) is 1. The Balaban J connectivity index is 0.00000161. The van der Waals surface area contributed by atoms with E-state index in [0.717, 1.165) is 42.3 Å². The number of carbonyl (C=O) groups is 1. The van der Waals surface area contributed by atoms with E-state index in [0.29, 0.717) is 5.88 Å². The van der Waals surface area contributed by atoms with Gasteiger partial charge in [-0.3, -0.25) is 4.79 Å². The minimum atomic E-state index is 0. The summed E-state index contributed by atoms with van der Waals surface area (Å²) in [5.41, 5.74) is 0.776. The molecule has 21 heavy (non-hydrogen) atoms. The molecule has 0 bridgehead atoms. The first-order valence-electron chi connectivity index (χ1n) is 6.96. The third kappa shape index (κ3) is 3.34. The van der Waals surface area contributed by atoms with Gasteiger partial charge < -0.3 is 10.1 Å². The van der Waals surface area contributed by atoms with Crippen molar-refractivity contribution >= 4 is 29.0 Å². The van der Waals surface area contributed by atoms with Gasteiger partial charge in [-0.2, -0.15) is 0 Å². The Labute approximate surface area is 130 Å². The third-order valence-corrected chi connectivity index (χ3v) is 3.86. The van der Waals surface area contributed by atoms with Gasteiger partial charge in [0.05, 0.1) is 7.11 Å². The van der Waals surface area contributed by atoms with Crippen LogP contribution in [-0.4, -0.2) is 31.0 Å². The number of hydrogen-bond donors (Lipinski definition) is 1. The van der Waals surface area contributed by atoms with Crippen LogP contribution in [0, 0.1) is 5.92 Å². The van der Waals surface area contributed by atoms with E-state index >= 15 is 0 Å². The zero-order valence-corrected chi connectivity index (χ0v) is 12.8. The third-order valence-electron chi connectivity index (χ3n) is 3.86. The molecule has 0 aliphatic carbocycles. The van der Waals surface area contributed by atoms with Gasteiger partial charge in [0, 0.05) is 35.7 Å². The molecule has 0 spiro atoms. The van der Waals surface area contributed by atoms with Crippen molar-refractivity contribution in [2.75, 3.05) is 20.2 Å². The number of piperidine rings is 1. The highest BCUT2D eigenvalue weighted by Gasteiger charge is 2.22. The maximum atomic E-state index is 12.5. The van der Waals surface area contributed by atoms with Gasteiger partial charge in [0.25, 0.3) is 0 Å². The Morgan fingerprint density at radius 1 is 1.33 bits per heavy atom. The normalized spacial score (nSPS) is 18.0. The number of methoxy groups -OCH3 is 1. The molecule has 112 valence electrons. The summed E-state index contributed by atoms with van der Waals surface area (Å²) in [5, 5.41) is 5.30. The summed E-state index contributed by atoms with van der Waals surface area (Å²) >= 11 is 0. The standard InChI is InChI=1S/C16H18N2O2.ClH/c1-20-15-8-11-4-5-12(7-14(11)10-18-15)16(19)13-3-2-6-17-9-13;/h4-5,7-8,10,13,17H,2-3,6,9H2,1H3;1H. The number of Topliss-reactive ketones (excluding diaryl/α,β-unsaturated/α-hetero) is 1. The molecule has 1 fully saturated rings. The molecule has 1 unspecified atom stereocenters. The van der Waals surface area contributed by atoms with Crippen LogP contribution in [0.15, 0.2) is 30.5 Å². The van der Waals surface area contributed by atoms with Crippen LogP contribution in [0.2, 0.25) is 0 Å². The van der Waals surface area contributed by atoms with Crippen molar-refractivity contribution in [1.82, 2.24) is 10.3 Å². The lowest BCUT2D eigenvalue weighted by molar-refractivity contribution is 0.0900. The second-order valence-corrected chi connectivity index (χ2v) is 5.20. The van der Waals surface area contributed by atoms with Gasteiger partial charge in [-0.1, -0.05) is 12.1 Å². The molecule has 1 aromatic carbocycles. The topological polar surface area (TPSA) is 51.2 Å². The van der Waals surface area contributed by atoms with E-state index in [1.165, 1.54) is 0 Å². The zero-order chi connectivity index (χ0) is 13.9. The fourth-order valence-corrected chi connectivity index (χ4v) is 2.70. The zero-order valence-electron chi connectivity index (χ0n) is 12.0. The van der Waals surface area contributed by atoms with Crippen molar-refractivity contribution in [3.8, 4) is 5.88 Å². The molecule has 1 aliphatic heterocycles. The maximum Gasteiger partial charge on any atom is 0.213 e. The van der Waals surface area contributed by atoms with Gasteiger partial charge >= 0.3 is 0 Å². The van der Waals surface area contributed by atoms with Crippen molar-refractivity contribution in [3.05, 3.63) is 36.0 Å². The molecule has 1 atom stereocenters. The van der Waals surface area contributed by atoms with Crippen molar-refractivity contribution in [2.24, 2.45) is 5.92 Å². The van der Waals surface area contributed by atoms with E-state index in [-0.39, 0.29) is 24.1 Å². The van der Waals surface area contributed by atoms with Crippen LogP contribution in [0.5, 0.6) is 5.88 Å². The van der Waals surface area contributed by atoms with Crippen LogP contribution in [0.1, 0.15) is 23.2 Å². The SMILES string of the molecule is COc1cc2ccc(C(=O)C3CCCNC3)cc2cn1.Cl. The first kappa shape index (κ1) is 15.7. The molecule has 1 N–H and O–H groups in total. The molecular weight excluding hydrogens is 288 g/mol. The number of benzene rings is 1. The minimum Gasteiger partial charge on any atom is -0.481 e. The molecular formula is C16H19ClN2O2. The summed E-state index contributed by atoms with van der Waals surface area (Å²) < 4.78 is 5.11. The number of nitrogens with zero attached hydrogens (tertiary/aromatic N) is 1. The number of ketones is 1. The van der Waals surface area contributed by atoms with Gasteiger partial charge in [-0.15, -0.1) is 12.4 Å². The fourth-order valence-electron chi connectivity index (χ4n) is 2.70. The number of hydrogen-bond acceptors (Lipinski definition) is 4. The Hall–Kier alpha value is -1.65. The van der Waals surface area contributed by atoms with Crippen molar-refractivity contribution in [1.29, 1.82) is 0 Å². The molecule has 1 aliphatic rings. The highest BCUT2D eigenvalue weighted by Crippen LogP contribution is 2.22. The number of pyridine rings is 1. The lowest BCUT2D eigenvalue weighted by Gasteiger charge is -2.21. The predicted molar refractivity (Wildman–Crippen MR) is 85.5 cm³/mol. The summed E-state index contributed by atoms with van der Waals surface area (Å²) in [4.78, 5) is 16.7. The van der Waals surface area contributed by atoms with E-state index in [1.54, 1.807) is 13.3 Å². The molecule has 1 aromatic heterocycles. The number of nitrogens with one attached hydrogen (secondary N) is 1. The number of aromatic nitrogens is 1. The second-order valence-electron chi connectivity index (χ2n) is 5.20. The largest absolute Gasteiger partial charge is 0.481 e. The van der Waals surface area contributed by atoms with Crippen molar-refractivity contribution in [3.63, 3.8) is 0 Å². The van der Waals surface area contributed by atoms with E-state index in [4.69, 9.17) is 4.74 Å². The number of halogens is 1. The summed E-state index contributed by atoms with van der Waals surface area (Å²) in [5.74, 6) is 0.926. The van der Waals surface area contributed by atoms with Crippen molar-refractivity contribution < 1.29 is 9.53 Å². The van der Waals surface area contributed by atoms with Gasteiger partial charge in [-0.05, 0) is 30.8 Å². The van der Waals surface area contributed by atoms with E-state index in [9.17, 15) is 4.79 Å². The molecule has 4 nitrogen and oxygen atoms in total. The Morgan fingerprint density at radius 2 is 2.19 bits per heavy atom. The minimum absolute atomic E-state index is 0. The summed E-state index contributed by atoms with van der Waals surface area (Å²) in [6, 6.07) is 7.67. The average molecular weight is 307 g/mol. The van der Waals surface area contributed by atoms with Gasteiger partial charge in [0.15, 0.2) is 5.78 Å². The molecule has 0 amide bonds. The number of fused-ring (bicyclic) bond motifs is 1. The van der Waals surface area contributed by atoms with Crippen LogP contribution in [-0.2, 0) is 0 Å². The molecule has 1 saturated heterocycles.